The van der Waals surface area contributed by atoms with E-state index in [1.54, 1.807) is 0 Å². The number of carboxylic acids is 1. The smallest absolute Gasteiger partial charge is 0.303 e. The molecule has 5 nitrogen and oxygen atoms in total. The summed E-state index contributed by atoms with van der Waals surface area (Å²) in [4.78, 5) is 23.2. The summed E-state index contributed by atoms with van der Waals surface area (Å²) in [6.07, 6.45) is 14.3. The summed E-state index contributed by atoms with van der Waals surface area (Å²) in [6.45, 7) is 4.80. The molecule has 0 aromatic heterocycles. The Kier molecular flexibility index (Phi) is 10.4. The first-order chi connectivity index (χ1) is 16.5. The van der Waals surface area contributed by atoms with Gasteiger partial charge < -0.3 is 15.2 Å². The van der Waals surface area contributed by atoms with Crippen molar-refractivity contribution >= 4 is 11.8 Å². The van der Waals surface area contributed by atoms with Crippen LogP contribution in [0.2, 0.25) is 0 Å². The van der Waals surface area contributed by atoms with E-state index in [1.807, 2.05) is 44.2 Å². The van der Waals surface area contributed by atoms with E-state index in [4.69, 9.17) is 9.84 Å². The van der Waals surface area contributed by atoms with Crippen molar-refractivity contribution in [2.75, 3.05) is 6.54 Å². The van der Waals surface area contributed by atoms with E-state index in [2.05, 4.69) is 17.5 Å². The van der Waals surface area contributed by atoms with Crippen molar-refractivity contribution in [3.8, 4) is 0 Å². The number of aliphatic carboxylic acids is 1. The van der Waals surface area contributed by atoms with Crippen molar-refractivity contribution in [2.45, 2.75) is 90.3 Å². The summed E-state index contributed by atoms with van der Waals surface area (Å²) in [6, 6.07) is 9.90. The summed E-state index contributed by atoms with van der Waals surface area (Å²) in [5.74, 6) is 0.688. The number of carboxylic acid groups (broad SMARTS) is 1. The Bertz CT molecular complexity index is 860. The average molecular weight is 468 g/mol. The predicted octanol–water partition coefficient (Wildman–Crippen LogP) is 5.85. The Morgan fingerprint density at radius 1 is 1.03 bits per heavy atom. The fraction of sp³-hybridized carbons (Fsp3) is 0.586. The molecular weight excluding hydrogens is 426 g/mol. The van der Waals surface area contributed by atoms with Crippen LogP contribution >= 0.6 is 0 Å². The number of hydrogen-bond acceptors (Lipinski definition) is 4. The summed E-state index contributed by atoms with van der Waals surface area (Å²) in [5, 5.41) is 12.2. The minimum Gasteiger partial charge on any atom is -0.481 e. The quantitative estimate of drug-likeness (QED) is 0.192. The molecule has 2 fully saturated rings. The molecule has 0 spiro atoms. The largest absolute Gasteiger partial charge is 0.481 e. The number of fused-ring (bicyclic) bond motifs is 2. The minimum atomic E-state index is -0.718. The van der Waals surface area contributed by atoms with Gasteiger partial charge in [0.2, 0.25) is 0 Å². The van der Waals surface area contributed by atoms with Crippen LogP contribution in [-0.2, 0) is 20.7 Å². The van der Waals surface area contributed by atoms with Gasteiger partial charge in [-0.25, -0.2) is 0 Å². The van der Waals surface area contributed by atoms with Gasteiger partial charge in [0, 0.05) is 30.7 Å². The molecule has 2 aliphatic rings. The maximum atomic E-state index is 12.6. The molecule has 4 atom stereocenters. The first-order valence-electron chi connectivity index (χ1n) is 13.0. The molecule has 0 aliphatic carbocycles. The predicted molar refractivity (Wildman–Crippen MR) is 135 cm³/mol. The van der Waals surface area contributed by atoms with E-state index in [0.717, 1.165) is 49.1 Å². The van der Waals surface area contributed by atoms with Crippen molar-refractivity contribution in [3.63, 3.8) is 0 Å². The van der Waals surface area contributed by atoms with Gasteiger partial charge in [-0.05, 0) is 76.2 Å². The van der Waals surface area contributed by atoms with Crippen LogP contribution in [0.4, 0.5) is 0 Å². The molecule has 3 rings (SSSR count). The first-order valence-corrected chi connectivity index (χ1v) is 13.0. The molecule has 2 N–H and O–H groups in total. The van der Waals surface area contributed by atoms with Gasteiger partial charge in [0.1, 0.15) is 0 Å². The van der Waals surface area contributed by atoms with E-state index in [1.165, 1.54) is 19.3 Å². The number of benzene rings is 1. The van der Waals surface area contributed by atoms with Crippen LogP contribution in [0.25, 0.3) is 0 Å². The highest BCUT2D eigenvalue weighted by atomic mass is 16.5. The number of Topliss-reactive ketones (excluding diaryl/α,β-unsaturated/α-hetero) is 1. The van der Waals surface area contributed by atoms with Crippen LogP contribution in [-0.4, -0.2) is 35.6 Å². The number of carbonyl (C=O) groups excluding carboxylic acids is 1. The van der Waals surface area contributed by atoms with Crippen LogP contribution < -0.4 is 5.32 Å². The van der Waals surface area contributed by atoms with Crippen LogP contribution in [0.3, 0.4) is 0 Å². The van der Waals surface area contributed by atoms with Crippen molar-refractivity contribution < 1.29 is 19.4 Å². The molecule has 2 bridgehead atoms. The zero-order chi connectivity index (χ0) is 24.3. The maximum Gasteiger partial charge on any atom is 0.303 e. The third-order valence-corrected chi connectivity index (χ3v) is 7.47. The van der Waals surface area contributed by atoms with Gasteiger partial charge in [-0.15, -0.1) is 0 Å². The average Bonchev–Trinajstić information content (AvgIpc) is 3.43. The van der Waals surface area contributed by atoms with E-state index < -0.39 is 5.97 Å². The molecule has 2 saturated heterocycles. The fourth-order valence-electron chi connectivity index (χ4n) is 5.38. The standard InChI is InChI=1S/C29H41NO4/c1-21(26(31)20-23-12-6-5-7-13-23)22(2)30-19-11-10-15-25-24(27-17-18-28(25)34-27)14-8-3-4-9-16-29(32)33/h3,5-8,12-13,24-25,27-28,30H,4,9-11,14-20H2,1-2H3,(H,32,33)/b8-3-,22-21?/t24-,25+,27-,28+/m0/s1. The SMILES string of the molecule is CC(NCCCC[C@@H]1[C@H](C/C=C\CCCC(=O)O)[C@@H]2CC[C@H]1O2)=C(C)C(=O)Cc1ccccc1. The van der Waals surface area contributed by atoms with Crippen LogP contribution in [0, 0.1) is 11.8 Å². The second-order valence-corrected chi connectivity index (χ2v) is 9.87. The number of ketones is 1. The van der Waals surface area contributed by atoms with E-state index in [-0.39, 0.29) is 12.2 Å². The second kappa shape index (κ2) is 13.5. The highest BCUT2D eigenvalue weighted by Crippen LogP contribution is 2.47. The zero-order valence-electron chi connectivity index (χ0n) is 20.8. The number of nitrogens with one attached hydrogen (secondary N) is 1. The molecule has 34 heavy (non-hydrogen) atoms. The highest BCUT2D eigenvalue weighted by Gasteiger charge is 2.47. The van der Waals surface area contributed by atoms with Gasteiger partial charge in [-0.3, -0.25) is 9.59 Å². The van der Waals surface area contributed by atoms with Gasteiger partial charge in [0.15, 0.2) is 5.78 Å². The summed E-state index contributed by atoms with van der Waals surface area (Å²) in [7, 11) is 0. The van der Waals surface area contributed by atoms with Crippen molar-refractivity contribution in [1.82, 2.24) is 5.32 Å². The molecule has 5 heteroatoms. The van der Waals surface area contributed by atoms with Gasteiger partial charge in [-0.1, -0.05) is 48.9 Å². The normalized spacial score (nSPS) is 24.4. The molecular formula is C29H41NO4. The van der Waals surface area contributed by atoms with Crippen LogP contribution in [0.15, 0.2) is 53.8 Å². The summed E-state index contributed by atoms with van der Waals surface area (Å²) >= 11 is 0. The molecule has 1 aromatic rings. The third-order valence-electron chi connectivity index (χ3n) is 7.47. The number of hydrogen-bond donors (Lipinski definition) is 2. The zero-order valence-corrected chi connectivity index (χ0v) is 20.8. The molecule has 2 aliphatic heterocycles. The highest BCUT2D eigenvalue weighted by molar-refractivity contribution is 5.96. The summed E-state index contributed by atoms with van der Waals surface area (Å²) < 4.78 is 6.24. The van der Waals surface area contributed by atoms with Crippen molar-refractivity contribution in [1.29, 1.82) is 0 Å². The Morgan fingerprint density at radius 3 is 2.50 bits per heavy atom. The Hall–Kier alpha value is -2.40. The second-order valence-electron chi connectivity index (χ2n) is 9.87. The first kappa shape index (κ1) is 26.2. The van der Waals surface area contributed by atoms with Gasteiger partial charge in [0.05, 0.1) is 12.2 Å². The van der Waals surface area contributed by atoms with Crippen LogP contribution in [0.1, 0.15) is 77.2 Å². The Labute approximate surface area is 204 Å². The minimum absolute atomic E-state index is 0.175. The maximum absolute atomic E-state index is 12.6. The molecule has 1 aromatic carbocycles. The summed E-state index contributed by atoms with van der Waals surface area (Å²) in [5.41, 5.74) is 2.85. The fourth-order valence-corrected chi connectivity index (χ4v) is 5.38. The topological polar surface area (TPSA) is 75.6 Å². The van der Waals surface area contributed by atoms with E-state index >= 15 is 0 Å². The van der Waals surface area contributed by atoms with Gasteiger partial charge in [0.25, 0.3) is 0 Å². The lowest BCUT2D eigenvalue weighted by atomic mass is 9.75. The molecule has 0 amide bonds. The van der Waals surface area contributed by atoms with E-state index in [9.17, 15) is 9.59 Å². The molecule has 186 valence electrons. The molecule has 0 radical (unpaired) electrons. The number of rotatable bonds is 15. The molecule has 0 saturated carbocycles. The molecule has 0 unspecified atom stereocenters. The van der Waals surface area contributed by atoms with Crippen LogP contribution in [0.5, 0.6) is 0 Å². The third kappa shape index (κ3) is 7.83. The van der Waals surface area contributed by atoms with Gasteiger partial charge in [-0.2, -0.15) is 0 Å². The lowest BCUT2D eigenvalue weighted by Crippen LogP contribution is -2.27. The lowest BCUT2D eigenvalue weighted by molar-refractivity contribution is -0.137. The molecule has 2 heterocycles. The Balaban J connectivity index is 1.36. The van der Waals surface area contributed by atoms with Crippen molar-refractivity contribution in [2.24, 2.45) is 11.8 Å². The van der Waals surface area contributed by atoms with E-state index in [0.29, 0.717) is 36.9 Å². The number of unbranched alkanes of at least 4 members (excludes halogenated alkanes) is 2. The monoisotopic (exact) mass is 467 g/mol. The van der Waals surface area contributed by atoms with Crippen molar-refractivity contribution in [3.05, 3.63) is 59.3 Å². The van der Waals surface area contributed by atoms with Gasteiger partial charge >= 0.3 is 5.97 Å². The number of ether oxygens (including phenoxy) is 1. The Morgan fingerprint density at radius 2 is 1.76 bits per heavy atom. The number of allylic oxidation sites excluding steroid dienone is 4. The number of carbonyl (C=O) groups is 2. The lowest BCUT2D eigenvalue weighted by Gasteiger charge is -2.27.